The minimum absolute atomic E-state index is 0.306. The Labute approximate surface area is 118 Å². The Kier molecular flexibility index (Phi) is 7.30. The van der Waals surface area contributed by atoms with Crippen LogP contribution in [0.4, 0.5) is 0 Å². The van der Waals surface area contributed by atoms with Crippen molar-refractivity contribution in [3.05, 3.63) is 29.8 Å². The van der Waals surface area contributed by atoms with Crippen LogP contribution in [0.5, 0.6) is 5.75 Å². The summed E-state index contributed by atoms with van der Waals surface area (Å²) in [7, 11) is 1.75. The van der Waals surface area contributed by atoms with E-state index in [4.69, 9.17) is 21.4 Å². The first-order valence-electron chi connectivity index (χ1n) is 6.30. The highest BCUT2D eigenvalue weighted by Crippen LogP contribution is 2.31. The number of ether oxygens (including phenoxy) is 1. The van der Waals surface area contributed by atoms with E-state index in [2.05, 4.69) is 23.5 Å². The van der Waals surface area contributed by atoms with Crippen molar-refractivity contribution in [1.29, 1.82) is 0 Å². The van der Waals surface area contributed by atoms with Gasteiger partial charge in [0.2, 0.25) is 0 Å². The molecule has 0 aliphatic carbocycles. The summed E-state index contributed by atoms with van der Waals surface area (Å²) in [4.78, 5) is 9.24. The van der Waals surface area contributed by atoms with Gasteiger partial charge in [-0.2, -0.15) is 0 Å². The van der Waals surface area contributed by atoms with Crippen molar-refractivity contribution in [2.75, 3.05) is 26.1 Å². The molecule has 2 N–H and O–H groups in total. The number of hydrogen-bond donors (Lipinski definition) is 2. The lowest BCUT2D eigenvalue weighted by Gasteiger charge is -2.24. The Hall–Kier alpha value is -1.26. The lowest BCUT2D eigenvalue weighted by Crippen LogP contribution is -2.26. The second kappa shape index (κ2) is 8.77. The number of aliphatic carboxylic acids is 1. The van der Waals surface area contributed by atoms with Crippen molar-refractivity contribution >= 4 is 17.6 Å². The van der Waals surface area contributed by atoms with Crippen LogP contribution in [0, 0.1) is 0 Å². The number of benzene rings is 1. The van der Waals surface area contributed by atoms with Crippen LogP contribution in [0.25, 0.3) is 0 Å². The van der Waals surface area contributed by atoms with Gasteiger partial charge in [-0.3, -0.25) is 4.79 Å². The Balaban J connectivity index is 0.000000312. The van der Waals surface area contributed by atoms with E-state index in [1.54, 1.807) is 7.11 Å². The molecule has 1 aliphatic rings. The molecule has 0 bridgehead atoms. The molecule has 1 saturated heterocycles. The van der Waals surface area contributed by atoms with Gasteiger partial charge in [-0.25, -0.2) is 0 Å². The molecule has 1 fully saturated rings. The van der Waals surface area contributed by atoms with Gasteiger partial charge in [0.05, 0.1) is 7.11 Å². The van der Waals surface area contributed by atoms with E-state index < -0.39 is 5.97 Å². The number of piperidine rings is 1. The molecular weight excluding hydrogens is 266 g/mol. The molecule has 1 aromatic rings. The molecule has 1 heterocycles. The fraction of sp³-hybridized carbons (Fsp3) is 0.500. The number of para-hydroxylation sites is 1. The first-order chi connectivity index (χ1) is 9.19. The number of carboxylic acid groups (broad SMARTS) is 1. The molecule has 19 heavy (non-hydrogen) atoms. The molecule has 5 heteroatoms. The van der Waals surface area contributed by atoms with Crippen LogP contribution in [-0.2, 0) is 4.79 Å². The van der Waals surface area contributed by atoms with Crippen molar-refractivity contribution < 1.29 is 14.6 Å². The maximum Gasteiger partial charge on any atom is 0.318 e. The van der Waals surface area contributed by atoms with Crippen LogP contribution in [-0.4, -0.2) is 37.2 Å². The maximum absolute atomic E-state index is 9.24. The van der Waals surface area contributed by atoms with Crippen LogP contribution in [0.15, 0.2) is 24.3 Å². The van der Waals surface area contributed by atoms with Crippen molar-refractivity contribution in [3.8, 4) is 5.75 Å². The predicted molar refractivity (Wildman–Crippen MR) is 76.2 cm³/mol. The van der Waals surface area contributed by atoms with Crippen molar-refractivity contribution in [2.24, 2.45) is 0 Å². The normalized spacial score (nSPS) is 15.3. The highest BCUT2D eigenvalue weighted by atomic mass is 35.5. The molecule has 0 aromatic heterocycles. The standard InChI is InChI=1S/C12H17NO.C2H3ClO2/c1-14-12-5-3-2-4-11(12)10-6-8-13-9-7-10;3-1-2(4)5/h2-5,10,13H,6-9H2,1H3;1H2,(H,4,5). The van der Waals surface area contributed by atoms with E-state index >= 15 is 0 Å². The average molecular weight is 286 g/mol. The first-order valence-corrected chi connectivity index (χ1v) is 6.84. The van der Waals surface area contributed by atoms with Gasteiger partial charge in [0.1, 0.15) is 11.6 Å². The molecule has 0 amide bonds. The summed E-state index contributed by atoms with van der Waals surface area (Å²) in [6.07, 6.45) is 2.45. The van der Waals surface area contributed by atoms with E-state index in [-0.39, 0.29) is 5.88 Å². The number of alkyl halides is 1. The lowest BCUT2D eigenvalue weighted by atomic mass is 9.90. The number of carboxylic acids is 1. The zero-order valence-corrected chi connectivity index (χ0v) is 11.8. The van der Waals surface area contributed by atoms with Gasteiger partial charge >= 0.3 is 5.97 Å². The molecule has 0 radical (unpaired) electrons. The van der Waals surface area contributed by atoms with E-state index in [9.17, 15) is 4.79 Å². The Morgan fingerprint density at radius 3 is 2.53 bits per heavy atom. The van der Waals surface area contributed by atoms with E-state index in [1.807, 2.05) is 6.07 Å². The minimum Gasteiger partial charge on any atom is -0.496 e. The molecule has 1 aromatic carbocycles. The third-order valence-electron chi connectivity index (χ3n) is 3.03. The number of carbonyl (C=O) groups is 1. The summed E-state index contributed by atoms with van der Waals surface area (Å²) < 4.78 is 5.38. The van der Waals surface area contributed by atoms with Gasteiger partial charge < -0.3 is 15.2 Å². The van der Waals surface area contributed by atoms with Gasteiger partial charge in [0, 0.05) is 0 Å². The summed E-state index contributed by atoms with van der Waals surface area (Å²) >= 11 is 4.74. The molecule has 0 spiro atoms. The quantitative estimate of drug-likeness (QED) is 0.838. The topological polar surface area (TPSA) is 58.6 Å². The molecule has 0 atom stereocenters. The third kappa shape index (κ3) is 5.49. The number of nitrogens with one attached hydrogen (secondary N) is 1. The van der Waals surface area contributed by atoms with Crippen molar-refractivity contribution in [3.63, 3.8) is 0 Å². The third-order valence-corrected chi connectivity index (χ3v) is 3.26. The Morgan fingerprint density at radius 2 is 2.00 bits per heavy atom. The van der Waals surface area contributed by atoms with E-state index in [0.29, 0.717) is 5.92 Å². The average Bonchev–Trinajstić information content (AvgIpc) is 2.48. The summed E-state index contributed by atoms with van der Waals surface area (Å²) in [6.45, 7) is 2.26. The molecule has 0 unspecified atom stereocenters. The fourth-order valence-corrected chi connectivity index (χ4v) is 2.14. The van der Waals surface area contributed by atoms with Gasteiger partial charge in [-0.05, 0) is 43.5 Å². The SMILES string of the molecule is COc1ccccc1C1CCNCC1.O=C(O)CCl. The van der Waals surface area contributed by atoms with Crippen LogP contribution in [0.2, 0.25) is 0 Å². The maximum atomic E-state index is 9.24. The van der Waals surface area contributed by atoms with Crippen LogP contribution >= 0.6 is 11.6 Å². The number of rotatable bonds is 3. The number of hydrogen-bond acceptors (Lipinski definition) is 3. The zero-order chi connectivity index (χ0) is 14.1. The highest BCUT2D eigenvalue weighted by molar-refractivity contribution is 6.26. The summed E-state index contributed by atoms with van der Waals surface area (Å²) in [5, 5.41) is 11.0. The highest BCUT2D eigenvalue weighted by Gasteiger charge is 2.17. The molecule has 4 nitrogen and oxygen atoms in total. The van der Waals surface area contributed by atoms with Crippen LogP contribution in [0.3, 0.4) is 0 Å². The van der Waals surface area contributed by atoms with Gasteiger partial charge in [-0.1, -0.05) is 18.2 Å². The second-order valence-corrected chi connectivity index (χ2v) is 4.56. The largest absolute Gasteiger partial charge is 0.496 e. The first kappa shape index (κ1) is 15.8. The minimum atomic E-state index is -0.980. The monoisotopic (exact) mass is 285 g/mol. The van der Waals surface area contributed by atoms with Crippen LogP contribution in [0.1, 0.15) is 24.3 Å². The predicted octanol–water partition coefficient (Wildman–Crippen LogP) is 2.47. The Morgan fingerprint density at radius 1 is 1.42 bits per heavy atom. The summed E-state index contributed by atoms with van der Waals surface area (Å²) in [5.41, 5.74) is 1.37. The summed E-state index contributed by atoms with van der Waals surface area (Å²) in [5.74, 6) is 0.429. The number of halogens is 1. The number of methoxy groups -OCH3 is 1. The molecular formula is C14H20ClNO3. The van der Waals surface area contributed by atoms with E-state index in [1.165, 1.54) is 18.4 Å². The van der Waals surface area contributed by atoms with Crippen LogP contribution < -0.4 is 10.1 Å². The molecule has 0 saturated carbocycles. The van der Waals surface area contributed by atoms with Crippen molar-refractivity contribution in [2.45, 2.75) is 18.8 Å². The smallest absolute Gasteiger partial charge is 0.318 e. The second-order valence-electron chi connectivity index (χ2n) is 4.29. The summed E-state index contributed by atoms with van der Waals surface area (Å²) in [6, 6.07) is 8.37. The van der Waals surface area contributed by atoms with Gasteiger partial charge in [-0.15, -0.1) is 11.6 Å². The molecule has 1 aliphatic heterocycles. The molecule has 106 valence electrons. The molecule has 2 rings (SSSR count). The fourth-order valence-electron chi connectivity index (χ4n) is 2.14. The van der Waals surface area contributed by atoms with Gasteiger partial charge in [0.25, 0.3) is 0 Å². The van der Waals surface area contributed by atoms with E-state index in [0.717, 1.165) is 18.8 Å². The van der Waals surface area contributed by atoms with Crippen molar-refractivity contribution in [1.82, 2.24) is 5.32 Å². The zero-order valence-electron chi connectivity index (χ0n) is 11.1. The van der Waals surface area contributed by atoms with Gasteiger partial charge in [0.15, 0.2) is 0 Å². The lowest BCUT2D eigenvalue weighted by molar-refractivity contribution is -0.134. The Bertz CT molecular complexity index is 392.